The van der Waals surface area contributed by atoms with Crippen molar-refractivity contribution >= 4 is 11.9 Å². The summed E-state index contributed by atoms with van der Waals surface area (Å²) in [5.74, 6) is -0.235. The lowest BCUT2D eigenvalue weighted by atomic mass is 9.92. The first-order chi connectivity index (χ1) is 9.11. The second kappa shape index (κ2) is 6.37. The summed E-state index contributed by atoms with van der Waals surface area (Å²) in [7, 11) is 0. The largest absolute Gasteiger partial charge is 0.479 e. The van der Waals surface area contributed by atoms with Gasteiger partial charge >= 0.3 is 5.97 Å². The number of ether oxygens (including phenoxy) is 1. The Morgan fingerprint density at radius 2 is 1.79 bits per heavy atom. The first-order valence-corrected chi connectivity index (χ1v) is 7.29. The summed E-state index contributed by atoms with van der Waals surface area (Å²) in [6.07, 6.45) is 4.20. The van der Waals surface area contributed by atoms with E-state index >= 15 is 0 Å². The van der Waals surface area contributed by atoms with Crippen LogP contribution in [0.5, 0.6) is 0 Å². The van der Waals surface area contributed by atoms with Crippen molar-refractivity contribution < 1.29 is 19.4 Å². The molecule has 19 heavy (non-hydrogen) atoms. The Labute approximate surface area is 113 Å². The third kappa shape index (κ3) is 3.47. The lowest BCUT2D eigenvalue weighted by Crippen LogP contribution is -2.44. The van der Waals surface area contributed by atoms with Crippen molar-refractivity contribution in [1.29, 1.82) is 0 Å². The summed E-state index contributed by atoms with van der Waals surface area (Å²) in [5, 5.41) is 8.87. The van der Waals surface area contributed by atoms with E-state index in [9.17, 15) is 9.59 Å². The standard InChI is InChI=1S/C14H23NO4/c1-2-3-10-6-8-15(9-7-10)13(16)11-4-5-12(19-11)14(17)18/h10-12H,2-9H2,1H3,(H,17,18). The van der Waals surface area contributed by atoms with Crippen molar-refractivity contribution in [3.8, 4) is 0 Å². The predicted octanol–water partition coefficient (Wildman–Crippen LogP) is 1.66. The zero-order valence-corrected chi connectivity index (χ0v) is 11.5. The van der Waals surface area contributed by atoms with Gasteiger partial charge < -0.3 is 14.7 Å². The number of carbonyl (C=O) groups excluding carboxylic acids is 1. The van der Waals surface area contributed by atoms with E-state index < -0.39 is 18.2 Å². The molecule has 0 radical (unpaired) electrons. The van der Waals surface area contributed by atoms with E-state index in [0.717, 1.165) is 31.8 Å². The fourth-order valence-electron chi connectivity index (χ4n) is 3.05. The number of carbonyl (C=O) groups is 2. The fraction of sp³-hybridized carbons (Fsp3) is 0.857. The van der Waals surface area contributed by atoms with Crippen LogP contribution in [0, 0.1) is 5.92 Å². The summed E-state index contributed by atoms with van der Waals surface area (Å²) < 4.78 is 5.32. The normalized spacial score (nSPS) is 28.6. The molecule has 2 atom stereocenters. The zero-order chi connectivity index (χ0) is 13.8. The van der Waals surface area contributed by atoms with Crippen LogP contribution >= 0.6 is 0 Å². The monoisotopic (exact) mass is 269 g/mol. The summed E-state index contributed by atoms with van der Waals surface area (Å²) in [4.78, 5) is 24.9. The fourth-order valence-corrected chi connectivity index (χ4v) is 3.05. The van der Waals surface area contributed by atoms with E-state index in [2.05, 4.69) is 6.92 Å². The van der Waals surface area contributed by atoms with E-state index in [-0.39, 0.29) is 5.91 Å². The van der Waals surface area contributed by atoms with Gasteiger partial charge in [0.15, 0.2) is 6.10 Å². The van der Waals surface area contributed by atoms with Crippen LogP contribution in [0.15, 0.2) is 0 Å². The molecule has 2 fully saturated rings. The molecule has 1 N–H and O–H groups in total. The van der Waals surface area contributed by atoms with Gasteiger partial charge in [-0.15, -0.1) is 0 Å². The number of hydrogen-bond donors (Lipinski definition) is 1. The highest BCUT2D eigenvalue weighted by Crippen LogP contribution is 2.26. The van der Waals surface area contributed by atoms with Crippen LogP contribution in [0.2, 0.25) is 0 Å². The summed E-state index contributed by atoms with van der Waals surface area (Å²) in [5.41, 5.74) is 0. The van der Waals surface area contributed by atoms with E-state index in [1.807, 2.05) is 4.90 Å². The Kier molecular flexibility index (Phi) is 4.80. The van der Waals surface area contributed by atoms with Gasteiger partial charge in [0.05, 0.1) is 0 Å². The van der Waals surface area contributed by atoms with Gasteiger partial charge in [-0.1, -0.05) is 19.8 Å². The molecule has 2 unspecified atom stereocenters. The van der Waals surface area contributed by atoms with Crippen molar-refractivity contribution in [1.82, 2.24) is 4.90 Å². The highest BCUT2D eigenvalue weighted by atomic mass is 16.5. The first-order valence-electron chi connectivity index (χ1n) is 7.29. The SMILES string of the molecule is CCCC1CCN(C(=O)C2CCC(C(=O)O)O2)CC1. The number of carboxylic acid groups (broad SMARTS) is 1. The van der Waals surface area contributed by atoms with E-state index in [0.29, 0.717) is 12.8 Å². The minimum absolute atomic E-state index is 0.0151. The quantitative estimate of drug-likeness (QED) is 0.843. The minimum Gasteiger partial charge on any atom is -0.479 e. The van der Waals surface area contributed by atoms with Crippen LogP contribution in [0.3, 0.4) is 0 Å². The van der Waals surface area contributed by atoms with Crippen molar-refractivity contribution in [3.05, 3.63) is 0 Å². The van der Waals surface area contributed by atoms with Gasteiger partial charge in [-0.2, -0.15) is 0 Å². The van der Waals surface area contributed by atoms with Gasteiger partial charge in [0.2, 0.25) is 0 Å². The maximum Gasteiger partial charge on any atom is 0.332 e. The Morgan fingerprint density at radius 1 is 1.16 bits per heavy atom. The average molecular weight is 269 g/mol. The van der Waals surface area contributed by atoms with Crippen LogP contribution in [0.1, 0.15) is 45.4 Å². The maximum absolute atomic E-state index is 12.2. The molecule has 0 aliphatic carbocycles. The van der Waals surface area contributed by atoms with Gasteiger partial charge in [-0.25, -0.2) is 4.79 Å². The third-order valence-electron chi connectivity index (χ3n) is 4.19. The topological polar surface area (TPSA) is 66.8 Å². The summed E-state index contributed by atoms with van der Waals surface area (Å²) in [6, 6.07) is 0. The molecule has 0 aromatic rings. The van der Waals surface area contributed by atoms with E-state index in [1.165, 1.54) is 12.8 Å². The van der Waals surface area contributed by atoms with Crippen molar-refractivity contribution in [2.45, 2.75) is 57.7 Å². The van der Waals surface area contributed by atoms with Gasteiger partial charge in [0.1, 0.15) is 6.10 Å². The zero-order valence-electron chi connectivity index (χ0n) is 11.5. The molecule has 0 saturated carbocycles. The number of hydrogen-bond acceptors (Lipinski definition) is 3. The molecular formula is C14H23NO4. The lowest BCUT2D eigenvalue weighted by molar-refractivity contribution is -0.155. The molecule has 2 rings (SSSR count). The maximum atomic E-state index is 12.2. The molecule has 1 amide bonds. The predicted molar refractivity (Wildman–Crippen MR) is 69.7 cm³/mol. The first kappa shape index (κ1) is 14.3. The van der Waals surface area contributed by atoms with Gasteiger partial charge in [-0.05, 0) is 31.6 Å². The minimum atomic E-state index is -0.961. The number of aliphatic carboxylic acids is 1. The second-order valence-electron chi connectivity index (χ2n) is 5.59. The summed E-state index contributed by atoms with van der Waals surface area (Å²) in [6.45, 7) is 3.78. The van der Waals surface area contributed by atoms with Gasteiger partial charge in [0.25, 0.3) is 5.91 Å². The average Bonchev–Trinajstić information content (AvgIpc) is 2.89. The molecule has 2 aliphatic heterocycles. The molecule has 2 aliphatic rings. The highest BCUT2D eigenvalue weighted by molar-refractivity contribution is 5.82. The number of rotatable bonds is 4. The number of likely N-dealkylation sites (tertiary alicyclic amines) is 1. The van der Waals surface area contributed by atoms with Crippen LogP contribution in [-0.4, -0.2) is 47.2 Å². The van der Waals surface area contributed by atoms with Crippen molar-refractivity contribution in [3.63, 3.8) is 0 Å². The molecule has 0 aromatic carbocycles. The van der Waals surface area contributed by atoms with E-state index in [1.54, 1.807) is 0 Å². The number of piperidine rings is 1. The molecule has 0 spiro atoms. The molecule has 5 heteroatoms. The number of carboxylic acids is 1. The van der Waals surface area contributed by atoms with Crippen LogP contribution in [-0.2, 0) is 14.3 Å². The number of amides is 1. The van der Waals surface area contributed by atoms with Crippen LogP contribution < -0.4 is 0 Å². The Balaban J connectivity index is 1.80. The highest BCUT2D eigenvalue weighted by Gasteiger charge is 2.37. The molecule has 0 bridgehead atoms. The molecule has 108 valence electrons. The van der Waals surface area contributed by atoms with Crippen molar-refractivity contribution in [2.75, 3.05) is 13.1 Å². The van der Waals surface area contributed by atoms with Gasteiger partial charge in [-0.3, -0.25) is 4.79 Å². The third-order valence-corrected chi connectivity index (χ3v) is 4.19. The molecule has 2 heterocycles. The Bertz CT molecular complexity index is 336. The Morgan fingerprint density at radius 3 is 2.32 bits per heavy atom. The van der Waals surface area contributed by atoms with E-state index in [4.69, 9.17) is 9.84 Å². The smallest absolute Gasteiger partial charge is 0.332 e. The Hall–Kier alpha value is -1.10. The molecular weight excluding hydrogens is 246 g/mol. The number of nitrogens with zero attached hydrogens (tertiary/aromatic N) is 1. The molecule has 5 nitrogen and oxygen atoms in total. The van der Waals surface area contributed by atoms with Crippen molar-refractivity contribution in [2.24, 2.45) is 5.92 Å². The molecule has 2 saturated heterocycles. The van der Waals surface area contributed by atoms with Crippen LogP contribution in [0.4, 0.5) is 0 Å². The lowest BCUT2D eigenvalue weighted by Gasteiger charge is -2.33. The molecule has 0 aromatic heterocycles. The second-order valence-corrected chi connectivity index (χ2v) is 5.59. The van der Waals surface area contributed by atoms with Gasteiger partial charge in [0, 0.05) is 13.1 Å². The van der Waals surface area contributed by atoms with Crippen LogP contribution in [0.25, 0.3) is 0 Å². The summed E-state index contributed by atoms with van der Waals surface area (Å²) >= 11 is 0.